The summed E-state index contributed by atoms with van der Waals surface area (Å²) in [5.74, 6) is 6.34. The second-order valence-corrected chi connectivity index (χ2v) is 8.24. The SMILES string of the molecule is [N-]=[N+]=NCC[C@]12O[C@]3(CCN=[N+]=[N-])C4C5C(C41)[C@H]1C[C@@H]5C3C12. The molecule has 7 nitrogen and oxygen atoms in total. The van der Waals surface area contributed by atoms with Crippen molar-refractivity contribution >= 4 is 0 Å². The van der Waals surface area contributed by atoms with Gasteiger partial charge >= 0.3 is 0 Å². The van der Waals surface area contributed by atoms with Crippen LogP contribution in [-0.4, -0.2) is 24.3 Å². The largest absolute Gasteiger partial charge is 0.367 e. The molecule has 2 saturated heterocycles. The quantitative estimate of drug-likeness (QED) is 0.418. The first kappa shape index (κ1) is 12.1. The van der Waals surface area contributed by atoms with E-state index in [1.807, 2.05) is 0 Å². The number of azide groups is 2. The molecule has 4 bridgehead atoms. The van der Waals surface area contributed by atoms with Gasteiger partial charge in [0.2, 0.25) is 0 Å². The zero-order valence-corrected chi connectivity index (χ0v) is 12.2. The van der Waals surface area contributed by atoms with E-state index in [0.717, 1.165) is 36.5 Å². The fraction of sp³-hybridized carbons (Fsp3) is 1.00. The summed E-state index contributed by atoms with van der Waals surface area (Å²) >= 11 is 0. The lowest BCUT2D eigenvalue weighted by atomic mass is 9.54. The Balaban J connectivity index is 1.42. The van der Waals surface area contributed by atoms with E-state index >= 15 is 0 Å². The van der Waals surface area contributed by atoms with Crippen LogP contribution in [0, 0.1) is 47.3 Å². The molecule has 6 unspecified atom stereocenters. The Morgan fingerprint density at radius 1 is 0.864 bits per heavy atom. The highest BCUT2D eigenvalue weighted by Gasteiger charge is 2.96. The molecular formula is C15H18N6O. The average molecular weight is 298 g/mol. The van der Waals surface area contributed by atoms with Crippen LogP contribution in [0.1, 0.15) is 19.3 Å². The molecule has 2 heterocycles. The first-order chi connectivity index (χ1) is 10.8. The Morgan fingerprint density at radius 2 is 1.36 bits per heavy atom. The molecule has 7 aliphatic rings. The van der Waals surface area contributed by atoms with E-state index in [1.165, 1.54) is 6.42 Å². The van der Waals surface area contributed by atoms with Crippen LogP contribution in [0.4, 0.5) is 0 Å². The van der Waals surface area contributed by atoms with Crippen LogP contribution in [0.25, 0.3) is 20.9 Å². The molecule has 7 heteroatoms. The summed E-state index contributed by atoms with van der Waals surface area (Å²) in [5.41, 5.74) is 17.2. The normalized spacial score (nSPS) is 62.4. The number of ether oxygens (including phenoxy) is 1. The molecule has 0 radical (unpaired) electrons. The van der Waals surface area contributed by atoms with Gasteiger partial charge in [0.15, 0.2) is 0 Å². The zero-order valence-electron chi connectivity index (χ0n) is 12.2. The van der Waals surface area contributed by atoms with E-state index in [2.05, 4.69) is 20.1 Å². The minimum Gasteiger partial charge on any atom is -0.367 e. The zero-order chi connectivity index (χ0) is 14.7. The molecule has 10 atom stereocenters. The van der Waals surface area contributed by atoms with Gasteiger partial charge in [0.1, 0.15) is 0 Å². The van der Waals surface area contributed by atoms with Gasteiger partial charge in [-0.15, -0.1) is 0 Å². The summed E-state index contributed by atoms with van der Waals surface area (Å²) in [5, 5.41) is 7.59. The summed E-state index contributed by atoms with van der Waals surface area (Å²) < 4.78 is 6.87. The van der Waals surface area contributed by atoms with Gasteiger partial charge in [-0.1, -0.05) is 10.2 Å². The maximum Gasteiger partial charge on any atom is 0.0760 e. The van der Waals surface area contributed by atoms with Gasteiger partial charge in [0.05, 0.1) is 11.2 Å². The van der Waals surface area contributed by atoms with Crippen LogP contribution in [0.15, 0.2) is 10.2 Å². The minimum atomic E-state index is -0.00301. The Kier molecular flexibility index (Phi) is 1.86. The Labute approximate surface area is 127 Å². The molecule has 0 aromatic rings. The third-order valence-corrected chi connectivity index (χ3v) is 8.47. The Bertz CT molecular complexity index is 624. The molecule has 5 saturated carbocycles. The summed E-state index contributed by atoms with van der Waals surface area (Å²) in [6.45, 7) is 1.12. The first-order valence-electron chi connectivity index (χ1n) is 8.52. The van der Waals surface area contributed by atoms with E-state index in [0.29, 0.717) is 36.8 Å². The number of rotatable bonds is 6. The van der Waals surface area contributed by atoms with Gasteiger partial charge in [-0.05, 0) is 77.7 Å². The van der Waals surface area contributed by atoms with Crippen LogP contribution in [0.2, 0.25) is 0 Å². The van der Waals surface area contributed by atoms with Crippen LogP contribution >= 0.6 is 0 Å². The molecule has 0 aromatic heterocycles. The van der Waals surface area contributed by atoms with Crippen molar-refractivity contribution in [3.05, 3.63) is 20.9 Å². The third kappa shape index (κ3) is 0.884. The Morgan fingerprint density at radius 3 is 1.82 bits per heavy atom. The molecule has 7 fully saturated rings. The molecule has 7 rings (SSSR count). The lowest BCUT2D eigenvalue weighted by Crippen LogP contribution is -2.52. The van der Waals surface area contributed by atoms with Gasteiger partial charge in [0, 0.05) is 22.9 Å². The Hall–Kier alpha value is -1.42. The predicted molar refractivity (Wildman–Crippen MR) is 76.3 cm³/mol. The summed E-state index contributed by atoms with van der Waals surface area (Å²) in [4.78, 5) is 5.86. The molecular weight excluding hydrogens is 280 g/mol. The molecule has 2 aliphatic heterocycles. The lowest BCUT2D eigenvalue weighted by Gasteiger charge is -2.47. The predicted octanol–water partition coefficient (Wildman–Crippen LogP) is 3.28. The first-order valence-corrected chi connectivity index (χ1v) is 8.52. The topological polar surface area (TPSA) is 107 Å². The molecule has 22 heavy (non-hydrogen) atoms. The molecule has 0 spiro atoms. The molecule has 0 aromatic carbocycles. The minimum absolute atomic E-state index is 0.00301. The molecule has 5 aliphatic carbocycles. The van der Waals surface area contributed by atoms with E-state index < -0.39 is 0 Å². The van der Waals surface area contributed by atoms with Crippen molar-refractivity contribution in [2.75, 3.05) is 13.1 Å². The van der Waals surface area contributed by atoms with Crippen LogP contribution in [-0.2, 0) is 4.74 Å². The van der Waals surface area contributed by atoms with Gasteiger partial charge in [-0.2, -0.15) is 0 Å². The maximum absolute atomic E-state index is 8.60. The van der Waals surface area contributed by atoms with Crippen molar-refractivity contribution in [2.24, 2.45) is 57.6 Å². The van der Waals surface area contributed by atoms with E-state index in [-0.39, 0.29) is 11.2 Å². The van der Waals surface area contributed by atoms with Crippen molar-refractivity contribution < 1.29 is 4.74 Å². The summed E-state index contributed by atoms with van der Waals surface area (Å²) in [7, 11) is 0. The van der Waals surface area contributed by atoms with Gasteiger partial charge in [0.25, 0.3) is 0 Å². The fourth-order valence-electron chi connectivity index (χ4n) is 8.82. The standard InChI is InChI=1S/C15H18N6O/c16-20-18-3-1-14-10-6-5-7-9-8(6)12(14)13(9)15(22-14,11(7)10)2-4-19-21-17/h6-13H,1-5H2/t6-,7+,8?,9?,10?,11?,12?,13?,14-,15+. The fourth-order valence-corrected chi connectivity index (χ4v) is 8.82. The summed E-state index contributed by atoms with van der Waals surface area (Å²) in [6.07, 6.45) is 3.21. The van der Waals surface area contributed by atoms with E-state index in [9.17, 15) is 0 Å². The van der Waals surface area contributed by atoms with Crippen molar-refractivity contribution in [3.63, 3.8) is 0 Å². The van der Waals surface area contributed by atoms with Crippen molar-refractivity contribution in [1.29, 1.82) is 0 Å². The molecule has 0 amide bonds. The average Bonchev–Trinajstić information content (AvgIpc) is 3.11. The highest BCUT2D eigenvalue weighted by molar-refractivity contribution is 5.43. The highest BCUT2D eigenvalue weighted by atomic mass is 16.5. The van der Waals surface area contributed by atoms with Crippen molar-refractivity contribution in [2.45, 2.75) is 30.5 Å². The number of nitrogens with zero attached hydrogens (tertiary/aromatic N) is 6. The van der Waals surface area contributed by atoms with E-state index in [4.69, 9.17) is 15.8 Å². The number of hydrogen-bond donors (Lipinski definition) is 0. The van der Waals surface area contributed by atoms with Crippen LogP contribution in [0.3, 0.4) is 0 Å². The van der Waals surface area contributed by atoms with Crippen LogP contribution in [0.5, 0.6) is 0 Å². The second kappa shape index (κ2) is 3.40. The summed E-state index contributed by atoms with van der Waals surface area (Å²) in [6, 6.07) is 0. The second-order valence-electron chi connectivity index (χ2n) is 8.24. The van der Waals surface area contributed by atoms with E-state index in [1.54, 1.807) is 0 Å². The van der Waals surface area contributed by atoms with Gasteiger partial charge < -0.3 is 4.74 Å². The van der Waals surface area contributed by atoms with Crippen molar-refractivity contribution in [1.82, 2.24) is 0 Å². The van der Waals surface area contributed by atoms with Gasteiger partial charge in [-0.3, -0.25) is 0 Å². The van der Waals surface area contributed by atoms with Crippen LogP contribution < -0.4 is 0 Å². The monoisotopic (exact) mass is 298 g/mol. The van der Waals surface area contributed by atoms with Crippen molar-refractivity contribution in [3.8, 4) is 0 Å². The highest BCUT2D eigenvalue weighted by Crippen LogP contribution is 2.93. The third-order valence-electron chi connectivity index (χ3n) is 8.47. The maximum atomic E-state index is 8.60. The smallest absolute Gasteiger partial charge is 0.0760 e. The lowest BCUT2D eigenvalue weighted by molar-refractivity contribution is -0.0771. The molecule has 0 N–H and O–H groups in total. The number of hydrogen-bond acceptors (Lipinski definition) is 3. The van der Waals surface area contributed by atoms with Gasteiger partial charge in [-0.25, -0.2) is 0 Å². The molecule has 114 valence electrons.